The maximum atomic E-state index is 11.8. The Kier molecular flexibility index (Phi) is 8.13. The largest absolute Gasteiger partial charge is 0.493 e. The Morgan fingerprint density at radius 1 is 1.14 bits per heavy atom. The fourth-order valence-corrected chi connectivity index (χ4v) is 2.30. The van der Waals surface area contributed by atoms with Gasteiger partial charge in [0.25, 0.3) is 5.91 Å². The maximum Gasteiger partial charge on any atom is 0.331 e. The molecule has 152 valence electrons. The molecule has 28 heavy (non-hydrogen) atoms. The number of esters is 1. The number of ether oxygens (including phenoxy) is 4. The molecule has 0 atom stereocenters. The predicted octanol–water partition coefficient (Wildman–Crippen LogP) is 0.665. The first-order valence-corrected chi connectivity index (χ1v) is 8.89. The van der Waals surface area contributed by atoms with Gasteiger partial charge in [-0.25, -0.2) is 4.79 Å². The first-order valence-electron chi connectivity index (χ1n) is 8.89. The van der Waals surface area contributed by atoms with Gasteiger partial charge in [-0.2, -0.15) is 0 Å². The number of rotatable bonds is 9. The fraction of sp³-hybridized carbons (Fsp3) is 0.421. The van der Waals surface area contributed by atoms with E-state index in [0.717, 1.165) is 6.42 Å². The number of fused-ring (bicyclic) bond motifs is 1. The van der Waals surface area contributed by atoms with Crippen LogP contribution < -0.4 is 24.8 Å². The molecular weight excluding hydrogens is 368 g/mol. The van der Waals surface area contributed by atoms with Gasteiger partial charge in [0.2, 0.25) is 11.7 Å². The average molecular weight is 392 g/mol. The molecule has 9 heteroatoms. The van der Waals surface area contributed by atoms with Crippen LogP contribution >= 0.6 is 0 Å². The fourth-order valence-electron chi connectivity index (χ4n) is 2.30. The first kappa shape index (κ1) is 21.1. The molecule has 0 saturated heterocycles. The Morgan fingerprint density at radius 2 is 1.93 bits per heavy atom. The van der Waals surface area contributed by atoms with E-state index in [0.29, 0.717) is 42.6 Å². The van der Waals surface area contributed by atoms with E-state index < -0.39 is 18.5 Å². The monoisotopic (exact) mass is 392 g/mol. The van der Waals surface area contributed by atoms with Gasteiger partial charge in [0, 0.05) is 12.6 Å². The lowest BCUT2D eigenvalue weighted by molar-refractivity contribution is -0.143. The molecule has 0 aliphatic carbocycles. The van der Waals surface area contributed by atoms with Gasteiger partial charge in [0.15, 0.2) is 18.1 Å². The molecule has 0 spiro atoms. The Balaban J connectivity index is 1.82. The third kappa shape index (κ3) is 6.49. The van der Waals surface area contributed by atoms with Crippen LogP contribution in [0.3, 0.4) is 0 Å². The average Bonchev–Trinajstić information content (AvgIpc) is 2.72. The molecule has 1 heterocycles. The van der Waals surface area contributed by atoms with Crippen molar-refractivity contribution < 1.29 is 33.3 Å². The third-order valence-corrected chi connectivity index (χ3v) is 3.63. The van der Waals surface area contributed by atoms with Gasteiger partial charge in [0.05, 0.1) is 13.7 Å². The Bertz CT molecular complexity index is 729. The molecule has 0 radical (unpaired) electrons. The molecule has 2 amide bonds. The second-order valence-electron chi connectivity index (χ2n) is 5.82. The molecule has 2 N–H and O–H groups in total. The molecule has 2 rings (SSSR count). The molecule has 1 aliphatic heterocycles. The molecule has 0 unspecified atom stereocenters. The van der Waals surface area contributed by atoms with Crippen LogP contribution in [0.2, 0.25) is 0 Å². The first-order chi connectivity index (χ1) is 13.5. The van der Waals surface area contributed by atoms with Crippen molar-refractivity contribution in [3.63, 3.8) is 0 Å². The second kappa shape index (κ2) is 10.8. The smallest absolute Gasteiger partial charge is 0.331 e. The van der Waals surface area contributed by atoms with Crippen molar-refractivity contribution in [1.82, 2.24) is 10.6 Å². The molecule has 0 fully saturated rings. The summed E-state index contributed by atoms with van der Waals surface area (Å²) in [7, 11) is 1.51. The summed E-state index contributed by atoms with van der Waals surface area (Å²) in [6.07, 6.45) is 3.50. The zero-order chi connectivity index (χ0) is 20.4. The highest BCUT2D eigenvalue weighted by Gasteiger charge is 2.18. The quantitative estimate of drug-likeness (QED) is 0.469. The van der Waals surface area contributed by atoms with Crippen LogP contribution in [0.25, 0.3) is 6.08 Å². The maximum absolute atomic E-state index is 11.8. The summed E-state index contributed by atoms with van der Waals surface area (Å²) in [4.78, 5) is 34.8. The lowest BCUT2D eigenvalue weighted by Gasteiger charge is -2.20. The summed E-state index contributed by atoms with van der Waals surface area (Å²) in [5, 5.41) is 4.99. The van der Waals surface area contributed by atoms with Crippen LogP contribution in [0.1, 0.15) is 18.9 Å². The van der Waals surface area contributed by atoms with Crippen LogP contribution in [0.4, 0.5) is 0 Å². The minimum atomic E-state index is -0.695. The van der Waals surface area contributed by atoms with Gasteiger partial charge >= 0.3 is 5.97 Å². The Morgan fingerprint density at radius 3 is 2.68 bits per heavy atom. The van der Waals surface area contributed by atoms with Crippen LogP contribution in [-0.2, 0) is 19.1 Å². The van der Waals surface area contributed by atoms with Crippen LogP contribution in [0, 0.1) is 0 Å². The highest BCUT2D eigenvalue weighted by atomic mass is 16.6. The van der Waals surface area contributed by atoms with Gasteiger partial charge in [-0.3, -0.25) is 9.59 Å². The van der Waals surface area contributed by atoms with Gasteiger partial charge in [0.1, 0.15) is 13.2 Å². The Hall–Kier alpha value is -3.23. The zero-order valence-electron chi connectivity index (χ0n) is 15.9. The van der Waals surface area contributed by atoms with Gasteiger partial charge in [-0.05, 0) is 30.2 Å². The van der Waals surface area contributed by atoms with Crippen molar-refractivity contribution in [3.05, 3.63) is 23.8 Å². The third-order valence-electron chi connectivity index (χ3n) is 3.63. The van der Waals surface area contributed by atoms with E-state index in [1.54, 1.807) is 12.1 Å². The summed E-state index contributed by atoms with van der Waals surface area (Å²) in [5.74, 6) is -0.0128. The number of benzene rings is 1. The highest BCUT2D eigenvalue weighted by molar-refractivity contribution is 5.90. The predicted molar refractivity (Wildman–Crippen MR) is 100 cm³/mol. The molecular formula is C19H24N2O7. The van der Waals surface area contributed by atoms with Crippen molar-refractivity contribution in [3.8, 4) is 17.2 Å². The lowest BCUT2D eigenvalue weighted by Crippen LogP contribution is -2.38. The molecule has 1 aliphatic rings. The number of amides is 2. The number of carbonyl (C=O) groups excluding carboxylic acids is 3. The number of hydrogen-bond donors (Lipinski definition) is 2. The standard InChI is InChI=1S/C19H24N2O7/c1-3-6-20-16(22)11-21-17(23)12-28-18(24)5-4-13-9-14(25-2)19-15(10-13)26-7-8-27-19/h4-5,9-10H,3,6-8,11-12H2,1-2H3,(H,20,22)(H,21,23)/b5-4+. The van der Waals surface area contributed by atoms with Gasteiger partial charge in [-0.1, -0.05) is 6.92 Å². The minimum absolute atomic E-state index is 0.163. The zero-order valence-corrected chi connectivity index (χ0v) is 15.9. The van der Waals surface area contributed by atoms with Crippen LogP contribution in [0.5, 0.6) is 17.2 Å². The summed E-state index contributed by atoms with van der Waals surface area (Å²) in [6, 6.07) is 3.40. The summed E-state index contributed by atoms with van der Waals surface area (Å²) in [6.45, 7) is 2.69. The van der Waals surface area contributed by atoms with E-state index in [2.05, 4.69) is 10.6 Å². The molecule has 9 nitrogen and oxygen atoms in total. The summed E-state index contributed by atoms with van der Waals surface area (Å²) in [5.41, 5.74) is 0.648. The van der Waals surface area contributed by atoms with Crippen molar-refractivity contribution in [1.29, 1.82) is 0 Å². The lowest BCUT2D eigenvalue weighted by atomic mass is 10.1. The summed E-state index contributed by atoms with van der Waals surface area (Å²) < 4.78 is 21.2. The van der Waals surface area contributed by atoms with E-state index >= 15 is 0 Å². The van der Waals surface area contributed by atoms with Gasteiger partial charge in [-0.15, -0.1) is 0 Å². The normalized spacial score (nSPS) is 12.4. The summed E-state index contributed by atoms with van der Waals surface area (Å²) >= 11 is 0. The number of nitrogens with one attached hydrogen (secondary N) is 2. The topological polar surface area (TPSA) is 112 Å². The number of hydrogen-bond acceptors (Lipinski definition) is 7. The van der Waals surface area contributed by atoms with Crippen molar-refractivity contribution in [2.75, 3.05) is 40.0 Å². The van der Waals surface area contributed by atoms with Crippen molar-refractivity contribution in [2.45, 2.75) is 13.3 Å². The SMILES string of the molecule is CCCNC(=O)CNC(=O)COC(=O)/C=C/c1cc(OC)c2c(c1)OCCO2. The number of carbonyl (C=O) groups is 3. The molecule has 0 saturated carbocycles. The van der Waals surface area contributed by atoms with E-state index in [9.17, 15) is 14.4 Å². The number of methoxy groups -OCH3 is 1. The van der Waals surface area contributed by atoms with E-state index in [1.807, 2.05) is 6.92 Å². The molecule has 0 bridgehead atoms. The van der Waals surface area contributed by atoms with Crippen LogP contribution in [0.15, 0.2) is 18.2 Å². The van der Waals surface area contributed by atoms with E-state index in [-0.39, 0.29) is 12.5 Å². The molecule has 0 aromatic heterocycles. The van der Waals surface area contributed by atoms with Crippen molar-refractivity contribution in [2.24, 2.45) is 0 Å². The molecule has 1 aromatic rings. The second-order valence-corrected chi connectivity index (χ2v) is 5.82. The minimum Gasteiger partial charge on any atom is -0.493 e. The highest BCUT2D eigenvalue weighted by Crippen LogP contribution is 2.40. The molecule has 1 aromatic carbocycles. The Labute approximate surface area is 163 Å². The van der Waals surface area contributed by atoms with Crippen LogP contribution in [-0.4, -0.2) is 57.8 Å². The van der Waals surface area contributed by atoms with E-state index in [1.165, 1.54) is 19.3 Å². The van der Waals surface area contributed by atoms with Gasteiger partial charge < -0.3 is 29.6 Å². The van der Waals surface area contributed by atoms with Crippen molar-refractivity contribution >= 4 is 23.9 Å². The van der Waals surface area contributed by atoms with E-state index in [4.69, 9.17) is 18.9 Å².